The number of carbonyl (C=O) groups excluding carboxylic acids is 3. The maximum Gasteiger partial charge on any atom is 0.409 e. The van der Waals surface area contributed by atoms with Gasteiger partial charge in [0.05, 0.1) is 17.5 Å². The molecule has 8 heteroatoms. The van der Waals surface area contributed by atoms with E-state index in [0.717, 1.165) is 10.6 Å². The summed E-state index contributed by atoms with van der Waals surface area (Å²) in [5.41, 5.74) is 0.797. The van der Waals surface area contributed by atoms with Crippen molar-refractivity contribution in [3.8, 4) is 0 Å². The number of ether oxygens (including phenoxy) is 1. The van der Waals surface area contributed by atoms with Gasteiger partial charge < -0.3 is 20.3 Å². The highest BCUT2D eigenvalue weighted by Gasteiger charge is 2.30. The Morgan fingerprint density at radius 1 is 1.31 bits per heavy atom. The van der Waals surface area contributed by atoms with Gasteiger partial charge in [-0.15, -0.1) is 11.8 Å². The third-order valence-electron chi connectivity index (χ3n) is 4.46. The molecule has 26 heavy (non-hydrogen) atoms. The summed E-state index contributed by atoms with van der Waals surface area (Å²) >= 11 is 1.42. The molecule has 7 nitrogen and oxygen atoms in total. The highest BCUT2D eigenvalue weighted by molar-refractivity contribution is 8.01. The number of hydrogen-bond donors (Lipinski definition) is 2. The molecular formula is C18H23N3O4S. The number of rotatable bonds is 4. The van der Waals surface area contributed by atoms with Crippen molar-refractivity contribution in [1.29, 1.82) is 0 Å². The van der Waals surface area contributed by atoms with E-state index in [1.165, 1.54) is 11.8 Å². The van der Waals surface area contributed by atoms with E-state index < -0.39 is 5.25 Å². The lowest BCUT2D eigenvalue weighted by Crippen LogP contribution is -2.47. The second-order valence-electron chi connectivity index (χ2n) is 6.32. The zero-order chi connectivity index (χ0) is 18.5. The predicted molar refractivity (Wildman–Crippen MR) is 99.1 cm³/mol. The molecule has 2 aliphatic rings. The number of fused-ring (bicyclic) bond motifs is 1. The number of piperidine rings is 1. The highest BCUT2D eigenvalue weighted by Crippen LogP contribution is 2.36. The second-order valence-corrected chi connectivity index (χ2v) is 7.57. The maximum atomic E-state index is 12.3. The quantitative estimate of drug-likeness (QED) is 0.840. The van der Waals surface area contributed by atoms with E-state index in [1.54, 1.807) is 11.8 Å². The van der Waals surface area contributed by atoms with E-state index in [1.807, 2.05) is 24.3 Å². The minimum atomic E-state index is -0.426. The summed E-state index contributed by atoms with van der Waals surface area (Å²) in [7, 11) is 0. The van der Waals surface area contributed by atoms with Crippen LogP contribution in [0.25, 0.3) is 0 Å². The Morgan fingerprint density at radius 3 is 2.77 bits per heavy atom. The third-order valence-corrected chi connectivity index (χ3v) is 5.74. The molecule has 2 aliphatic heterocycles. The predicted octanol–water partition coefficient (Wildman–Crippen LogP) is 2.23. The molecule has 2 heterocycles. The zero-order valence-electron chi connectivity index (χ0n) is 14.7. The van der Waals surface area contributed by atoms with Crippen LogP contribution in [-0.2, 0) is 14.3 Å². The average Bonchev–Trinajstić information content (AvgIpc) is 2.63. The Morgan fingerprint density at radius 2 is 2.04 bits per heavy atom. The lowest BCUT2D eigenvalue weighted by molar-refractivity contribution is -0.124. The van der Waals surface area contributed by atoms with Gasteiger partial charge >= 0.3 is 6.09 Å². The number of amides is 3. The first kappa shape index (κ1) is 18.6. The fourth-order valence-corrected chi connectivity index (χ4v) is 4.21. The van der Waals surface area contributed by atoms with Gasteiger partial charge in [-0.25, -0.2) is 4.79 Å². The van der Waals surface area contributed by atoms with Crippen LogP contribution in [-0.4, -0.2) is 53.8 Å². The van der Waals surface area contributed by atoms with Gasteiger partial charge in [-0.3, -0.25) is 9.59 Å². The molecule has 0 saturated carbocycles. The van der Waals surface area contributed by atoms with Crippen LogP contribution in [0, 0.1) is 0 Å². The normalized spacial score (nSPS) is 20.1. The summed E-state index contributed by atoms with van der Waals surface area (Å²) in [6.45, 7) is 3.27. The number of para-hydroxylation sites is 1. The molecule has 2 N–H and O–H groups in total. The van der Waals surface area contributed by atoms with Gasteiger partial charge in [0.15, 0.2) is 0 Å². The van der Waals surface area contributed by atoms with Gasteiger partial charge in [0.2, 0.25) is 11.8 Å². The van der Waals surface area contributed by atoms with Gasteiger partial charge in [0.1, 0.15) is 0 Å². The molecule has 3 rings (SSSR count). The monoisotopic (exact) mass is 377 g/mol. The Balaban J connectivity index is 1.46. The van der Waals surface area contributed by atoms with E-state index in [4.69, 9.17) is 4.74 Å². The minimum absolute atomic E-state index is 0.0251. The molecular weight excluding hydrogens is 354 g/mol. The van der Waals surface area contributed by atoms with Crippen LogP contribution < -0.4 is 10.6 Å². The summed E-state index contributed by atoms with van der Waals surface area (Å²) in [6.07, 6.45) is 1.23. The molecule has 1 fully saturated rings. The van der Waals surface area contributed by atoms with Crippen LogP contribution >= 0.6 is 11.8 Å². The van der Waals surface area contributed by atoms with Crippen molar-refractivity contribution in [2.24, 2.45) is 0 Å². The van der Waals surface area contributed by atoms with Crippen LogP contribution in [0.3, 0.4) is 0 Å². The summed E-state index contributed by atoms with van der Waals surface area (Å²) in [6, 6.07) is 7.60. The van der Waals surface area contributed by atoms with Crippen molar-refractivity contribution < 1.29 is 19.1 Å². The molecule has 0 bridgehead atoms. The highest BCUT2D eigenvalue weighted by atomic mass is 32.2. The zero-order valence-corrected chi connectivity index (χ0v) is 15.5. The summed E-state index contributed by atoms with van der Waals surface area (Å²) in [4.78, 5) is 38.9. The molecule has 0 aliphatic carbocycles. The molecule has 1 aromatic rings. The van der Waals surface area contributed by atoms with Crippen molar-refractivity contribution in [3.63, 3.8) is 0 Å². The maximum absolute atomic E-state index is 12.3. The summed E-state index contributed by atoms with van der Waals surface area (Å²) < 4.78 is 4.99. The lowest BCUT2D eigenvalue weighted by atomic mass is 10.1. The Hall–Kier alpha value is -2.22. The topological polar surface area (TPSA) is 87.7 Å². The minimum Gasteiger partial charge on any atom is -0.450 e. The average molecular weight is 377 g/mol. The number of carbonyl (C=O) groups is 3. The van der Waals surface area contributed by atoms with Crippen LogP contribution in [0.1, 0.15) is 26.2 Å². The van der Waals surface area contributed by atoms with Crippen molar-refractivity contribution in [2.75, 3.05) is 25.0 Å². The van der Waals surface area contributed by atoms with Crippen LogP contribution in [0.5, 0.6) is 0 Å². The molecule has 1 aromatic carbocycles. The van der Waals surface area contributed by atoms with E-state index in [2.05, 4.69) is 10.6 Å². The molecule has 0 unspecified atom stereocenters. The molecule has 3 amide bonds. The Bertz CT molecular complexity index is 689. The second kappa shape index (κ2) is 8.44. The fourth-order valence-electron chi connectivity index (χ4n) is 3.10. The number of nitrogens with zero attached hydrogens (tertiary/aromatic N) is 1. The number of hydrogen-bond acceptors (Lipinski definition) is 5. The van der Waals surface area contributed by atoms with Gasteiger partial charge in [-0.2, -0.15) is 0 Å². The van der Waals surface area contributed by atoms with E-state index >= 15 is 0 Å². The standard InChI is InChI=1S/C18H23N3O4S/c1-2-25-18(24)21-9-7-12(8-10-21)19-16(22)11-15-17(23)20-13-5-3-4-6-14(13)26-15/h3-6,12,15H,2,7-11H2,1H3,(H,19,22)(H,20,23)/t15-/m1/s1. The lowest BCUT2D eigenvalue weighted by Gasteiger charge is -2.32. The van der Waals surface area contributed by atoms with Crippen molar-refractivity contribution in [3.05, 3.63) is 24.3 Å². The summed E-state index contributed by atoms with van der Waals surface area (Å²) in [5, 5.41) is 5.42. The first-order valence-corrected chi connectivity index (χ1v) is 9.72. The molecule has 0 radical (unpaired) electrons. The van der Waals surface area contributed by atoms with E-state index in [9.17, 15) is 14.4 Å². The van der Waals surface area contributed by atoms with E-state index in [-0.39, 0.29) is 30.4 Å². The molecule has 0 aromatic heterocycles. The van der Waals surface area contributed by atoms with Crippen LogP contribution in [0.2, 0.25) is 0 Å². The SMILES string of the molecule is CCOC(=O)N1CCC(NC(=O)C[C@H]2Sc3ccccc3NC2=O)CC1. The van der Waals surface area contributed by atoms with E-state index in [0.29, 0.717) is 32.5 Å². The van der Waals surface area contributed by atoms with Gasteiger partial charge in [0, 0.05) is 30.4 Å². The third kappa shape index (κ3) is 4.49. The van der Waals surface area contributed by atoms with Crippen LogP contribution in [0.15, 0.2) is 29.2 Å². The van der Waals surface area contributed by atoms with Gasteiger partial charge in [-0.05, 0) is 31.9 Å². The first-order valence-electron chi connectivity index (χ1n) is 8.84. The number of anilines is 1. The smallest absolute Gasteiger partial charge is 0.409 e. The molecule has 0 spiro atoms. The van der Waals surface area contributed by atoms with Gasteiger partial charge in [0.25, 0.3) is 0 Å². The van der Waals surface area contributed by atoms with Crippen molar-refractivity contribution in [1.82, 2.24) is 10.2 Å². The summed E-state index contributed by atoms with van der Waals surface area (Å²) in [5.74, 6) is -0.271. The number of nitrogens with one attached hydrogen (secondary N) is 2. The molecule has 1 saturated heterocycles. The number of likely N-dealkylation sites (tertiary alicyclic amines) is 1. The first-order chi connectivity index (χ1) is 12.6. The number of thioether (sulfide) groups is 1. The van der Waals surface area contributed by atoms with Crippen molar-refractivity contribution >= 4 is 35.4 Å². The Labute approximate surface area is 156 Å². The van der Waals surface area contributed by atoms with Crippen molar-refractivity contribution in [2.45, 2.75) is 42.4 Å². The Kier molecular flexibility index (Phi) is 6.03. The fraction of sp³-hybridized carbons (Fsp3) is 0.500. The largest absolute Gasteiger partial charge is 0.450 e. The molecule has 140 valence electrons. The van der Waals surface area contributed by atoms with Crippen LogP contribution in [0.4, 0.5) is 10.5 Å². The number of benzene rings is 1. The van der Waals surface area contributed by atoms with Gasteiger partial charge in [-0.1, -0.05) is 12.1 Å². The molecule has 1 atom stereocenters.